The molecule has 1 aromatic heterocycles. The van der Waals surface area contributed by atoms with Crippen LogP contribution in [0.2, 0.25) is 0 Å². The lowest BCUT2D eigenvalue weighted by molar-refractivity contribution is -0.121. The van der Waals surface area contributed by atoms with Crippen molar-refractivity contribution in [1.29, 1.82) is 0 Å². The quantitative estimate of drug-likeness (QED) is 0.305. The molecule has 3 aromatic rings. The lowest BCUT2D eigenvalue weighted by Crippen LogP contribution is -2.32. The van der Waals surface area contributed by atoms with Crippen LogP contribution in [0.15, 0.2) is 42.5 Å². The van der Waals surface area contributed by atoms with Gasteiger partial charge in [-0.1, -0.05) is 40.0 Å². The second-order valence-corrected chi connectivity index (χ2v) is 10.6. The number of hydrogen-bond donors (Lipinski definition) is 3. The Morgan fingerprint density at radius 3 is 2.58 bits per heavy atom. The first kappa shape index (κ1) is 25.9. The largest absolute Gasteiger partial charge is 0.350 e. The van der Waals surface area contributed by atoms with Crippen molar-refractivity contribution in [3.63, 3.8) is 0 Å². The number of benzene rings is 2. The molecule has 0 radical (unpaired) electrons. The van der Waals surface area contributed by atoms with E-state index in [1.54, 1.807) is 0 Å². The number of unbranched alkanes of at least 4 members (excludes halogenated alkanes) is 1. The topological polar surface area (TPSA) is 86.9 Å². The summed E-state index contributed by atoms with van der Waals surface area (Å²) in [5.74, 6) is 2.25. The van der Waals surface area contributed by atoms with E-state index in [0.717, 1.165) is 72.6 Å². The molecule has 1 aliphatic carbocycles. The number of anilines is 1. The summed E-state index contributed by atoms with van der Waals surface area (Å²) in [6, 6.07) is 13.5. The summed E-state index contributed by atoms with van der Waals surface area (Å²) in [5, 5.41) is 6.18. The zero-order valence-corrected chi connectivity index (χ0v) is 22.1. The molecule has 4 unspecified atom stereocenters. The second kappa shape index (κ2) is 11.7. The van der Waals surface area contributed by atoms with Crippen LogP contribution in [0.1, 0.15) is 83.0 Å². The van der Waals surface area contributed by atoms with Crippen LogP contribution in [0.3, 0.4) is 0 Å². The van der Waals surface area contributed by atoms with Crippen LogP contribution >= 0.6 is 0 Å². The minimum atomic E-state index is -0.0669. The molecule has 2 aromatic carbocycles. The molecule has 0 aliphatic heterocycles. The predicted molar refractivity (Wildman–Crippen MR) is 147 cm³/mol. The molecule has 1 saturated carbocycles. The van der Waals surface area contributed by atoms with Gasteiger partial charge in [-0.2, -0.15) is 0 Å². The second-order valence-electron chi connectivity index (χ2n) is 10.6. The van der Waals surface area contributed by atoms with Crippen molar-refractivity contribution >= 4 is 28.5 Å². The Balaban J connectivity index is 1.39. The van der Waals surface area contributed by atoms with E-state index in [-0.39, 0.29) is 23.8 Å². The van der Waals surface area contributed by atoms with E-state index in [1.807, 2.05) is 49.4 Å². The van der Waals surface area contributed by atoms with Crippen LogP contribution in [0.5, 0.6) is 0 Å². The fraction of sp³-hybridized carbons (Fsp3) is 0.500. The maximum absolute atomic E-state index is 12.8. The van der Waals surface area contributed by atoms with E-state index >= 15 is 0 Å². The SMILES string of the molecule is CCCCC(C)NC(=O)c1ccc2[nH]c(-c3ccc(NC(=O)C4CCC(CC)C(C)C4)cc3)nc2c1. The lowest BCUT2D eigenvalue weighted by Gasteiger charge is -2.32. The molecule has 192 valence electrons. The Morgan fingerprint density at radius 1 is 1.11 bits per heavy atom. The van der Waals surface area contributed by atoms with E-state index < -0.39 is 0 Å². The molecular formula is C30H40N4O2. The van der Waals surface area contributed by atoms with Crippen molar-refractivity contribution in [3.05, 3.63) is 48.0 Å². The number of rotatable bonds is 9. The standard InChI is InChI=1S/C30H40N4O2/c1-5-7-8-20(4)31-29(35)24-13-16-26-27(18-24)34-28(33-26)22-11-14-25(15-12-22)32-30(36)23-10-9-21(6-2)19(3)17-23/h11-16,18-21,23H,5-10,17H2,1-4H3,(H,31,35)(H,32,36)(H,33,34). The Labute approximate surface area is 214 Å². The third kappa shape index (κ3) is 6.15. The maximum atomic E-state index is 12.8. The first-order valence-corrected chi connectivity index (χ1v) is 13.6. The van der Waals surface area contributed by atoms with Crippen molar-refractivity contribution in [2.75, 3.05) is 5.32 Å². The zero-order chi connectivity index (χ0) is 25.7. The van der Waals surface area contributed by atoms with Gasteiger partial charge < -0.3 is 15.6 Å². The van der Waals surface area contributed by atoms with Crippen molar-refractivity contribution < 1.29 is 9.59 Å². The minimum Gasteiger partial charge on any atom is -0.350 e. The van der Waals surface area contributed by atoms with E-state index in [9.17, 15) is 9.59 Å². The van der Waals surface area contributed by atoms with Crippen molar-refractivity contribution in [2.24, 2.45) is 17.8 Å². The molecule has 0 spiro atoms. The van der Waals surface area contributed by atoms with Crippen LogP contribution in [0.25, 0.3) is 22.4 Å². The number of fused-ring (bicyclic) bond motifs is 1. The number of hydrogen-bond acceptors (Lipinski definition) is 3. The number of aromatic amines is 1. The van der Waals surface area contributed by atoms with Crippen LogP contribution in [-0.2, 0) is 4.79 Å². The predicted octanol–water partition coefficient (Wildman–Crippen LogP) is 6.94. The third-order valence-electron chi connectivity index (χ3n) is 7.78. The van der Waals surface area contributed by atoms with E-state index in [0.29, 0.717) is 11.5 Å². The Morgan fingerprint density at radius 2 is 1.89 bits per heavy atom. The molecule has 36 heavy (non-hydrogen) atoms. The van der Waals surface area contributed by atoms with Gasteiger partial charge in [0.05, 0.1) is 11.0 Å². The number of aromatic nitrogens is 2. The fourth-order valence-corrected chi connectivity index (χ4v) is 5.43. The molecule has 4 atom stereocenters. The van der Waals surface area contributed by atoms with Crippen LogP contribution in [0, 0.1) is 17.8 Å². The average Bonchev–Trinajstić information content (AvgIpc) is 3.31. The lowest BCUT2D eigenvalue weighted by atomic mass is 9.73. The molecule has 1 aliphatic rings. The molecule has 1 fully saturated rings. The normalized spacial score (nSPS) is 20.7. The zero-order valence-electron chi connectivity index (χ0n) is 22.1. The van der Waals surface area contributed by atoms with Crippen LogP contribution < -0.4 is 10.6 Å². The number of carbonyl (C=O) groups excluding carboxylic acids is 2. The van der Waals surface area contributed by atoms with Gasteiger partial charge in [-0.05, 0) is 86.9 Å². The van der Waals surface area contributed by atoms with Gasteiger partial charge in [0.1, 0.15) is 5.82 Å². The molecule has 6 heteroatoms. The van der Waals surface area contributed by atoms with E-state index in [4.69, 9.17) is 4.98 Å². The van der Waals surface area contributed by atoms with Gasteiger partial charge in [-0.3, -0.25) is 9.59 Å². The molecule has 1 heterocycles. The summed E-state index contributed by atoms with van der Waals surface area (Å²) < 4.78 is 0. The van der Waals surface area contributed by atoms with E-state index in [1.165, 1.54) is 6.42 Å². The third-order valence-corrected chi connectivity index (χ3v) is 7.78. The monoisotopic (exact) mass is 488 g/mol. The first-order valence-electron chi connectivity index (χ1n) is 13.6. The fourth-order valence-electron chi connectivity index (χ4n) is 5.43. The van der Waals surface area contributed by atoms with Crippen LogP contribution in [0.4, 0.5) is 5.69 Å². The molecule has 0 saturated heterocycles. The summed E-state index contributed by atoms with van der Waals surface area (Å²) in [4.78, 5) is 33.5. The van der Waals surface area contributed by atoms with Crippen molar-refractivity contribution in [3.8, 4) is 11.4 Å². The molecular weight excluding hydrogens is 448 g/mol. The highest BCUT2D eigenvalue weighted by atomic mass is 16.2. The number of H-pyrrole nitrogens is 1. The number of nitrogens with one attached hydrogen (secondary N) is 3. The van der Waals surface area contributed by atoms with Gasteiger partial charge in [-0.15, -0.1) is 0 Å². The first-order chi connectivity index (χ1) is 17.4. The summed E-state index contributed by atoms with van der Waals surface area (Å²) in [7, 11) is 0. The number of imidazole rings is 1. The minimum absolute atomic E-state index is 0.0669. The number of amides is 2. The van der Waals surface area contributed by atoms with Gasteiger partial charge in [0, 0.05) is 28.8 Å². The van der Waals surface area contributed by atoms with Gasteiger partial charge in [0.2, 0.25) is 5.91 Å². The highest BCUT2D eigenvalue weighted by Crippen LogP contribution is 2.36. The van der Waals surface area contributed by atoms with Gasteiger partial charge >= 0.3 is 0 Å². The maximum Gasteiger partial charge on any atom is 0.251 e. The summed E-state index contributed by atoms with van der Waals surface area (Å²) in [5.41, 5.74) is 3.99. The summed E-state index contributed by atoms with van der Waals surface area (Å²) in [6.45, 7) is 8.72. The highest BCUT2D eigenvalue weighted by Gasteiger charge is 2.30. The van der Waals surface area contributed by atoms with Crippen molar-refractivity contribution in [1.82, 2.24) is 15.3 Å². The van der Waals surface area contributed by atoms with Crippen LogP contribution in [-0.4, -0.2) is 27.8 Å². The van der Waals surface area contributed by atoms with Gasteiger partial charge in [0.25, 0.3) is 5.91 Å². The Hall–Kier alpha value is -3.15. The number of nitrogens with zero attached hydrogens (tertiary/aromatic N) is 1. The summed E-state index contributed by atoms with van der Waals surface area (Å²) >= 11 is 0. The molecule has 2 amide bonds. The van der Waals surface area contributed by atoms with E-state index in [2.05, 4.69) is 36.4 Å². The Bertz CT molecular complexity index is 1180. The molecule has 0 bridgehead atoms. The smallest absolute Gasteiger partial charge is 0.251 e. The Kier molecular flexibility index (Phi) is 8.44. The molecule has 4 rings (SSSR count). The van der Waals surface area contributed by atoms with Gasteiger partial charge in [-0.25, -0.2) is 4.98 Å². The molecule has 6 nitrogen and oxygen atoms in total. The summed E-state index contributed by atoms with van der Waals surface area (Å²) in [6.07, 6.45) is 7.49. The van der Waals surface area contributed by atoms with Gasteiger partial charge in [0.15, 0.2) is 0 Å². The average molecular weight is 489 g/mol. The molecule has 3 N–H and O–H groups in total. The van der Waals surface area contributed by atoms with Crippen molar-refractivity contribution in [2.45, 2.75) is 78.7 Å². The number of carbonyl (C=O) groups is 2. The highest BCUT2D eigenvalue weighted by molar-refractivity contribution is 5.98.